The van der Waals surface area contributed by atoms with Crippen LogP contribution in [0.15, 0.2) is 35.7 Å². The lowest BCUT2D eigenvalue weighted by Crippen LogP contribution is -2.19. The van der Waals surface area contributed by atoms with Crippen LogP contribution in [-0.4, -0.2) is 21.0 Å². The molecule has 1 N–H and O–H groups in total. The Kier molecular flexibility index (Phi) is 8.76. The number of aryl methyl sites for hydroxylation is 4. The van der Waals surface area contributed by atoms with Crippen molar-refractivity contribution in [3.05, 3.63) is 80.1 Å². The fraction of sp³-hybridized carbons (Fsp3) is 0.545. The minimum Gasteiger partial charge on any atom is -0.481 e. The van der Waals surface area contributed by atoms with Gasteiger partial charge in [0, 0.05) is 16.8 Å². The highest BCUT2D eigenvalue weighted by molar-refractivity contribution is 7.09. The van der Waals surface area contributed by atoms with Crippen molar-refractivity contribution in [2.45, 2.75) is 116 Å². The summed E-state index contributed by atoms with van der Waals surface area (Å²) >= 11 is 1.70. The van der Waals surface area contributed by atoms with Gasteiger partial charge < -0.3 is 5.11 Å². The molecule has 204 valence electrons. The van der Waals surface area contributed by atoms with Crippen LogP contribution in [0.4, 0.5) is 0 Å². The van der Waals surface area contributed by atoms with E-state index in [1.807, 2.05) is 0 Å². The molecule has 0 aliphatic heterocycles. The molecule has 0 spiro atoms. The van der Waals surface area contributed by atoms with Gasteiger partial charge in [0.25, 0.3) is 0 Å². The number of hydrogen-bond donors (Lipinski definition) is 1. The second kappa shape index (κ2) is 11.7. The first-order chi connectivity index (χ1) is 17.9. The van der Waals surface area contributed by atoms with Crippen molar-refractivity contribution in [2.24, 2.45) is 0 Å². The van der Waals surface area contributed by atoms with Crippen LogP contribution in [0.5, 0.6) is 0 Å². The molecule has 38 heavy (non-hydrogen) atoms. The summed E-state index contributed by atoms with van der Waals surface area (Å²) in [6.45, 7) is 13.3. The molecule has 0 saturated heterocycles. The number of carboxylic acid groups (broad SMARTS) is 1. The second-order valence-corrected chi connectivity index (χ2v) is 14.0. The zero-order valence-electron chi connectivity index (χ0n) is 24.1. The number of carbonyl (C=O) groups is 1. The predicted octanol–water partition coefficient (Wildman–Crippen LogP) is 7.99. The van der Waals surface area contributed by atoms with Gasteiger partial charge in [0.15, 0.2) is 0 Å². The number of hydrogen-bond acceptors (Lipinski definition) is 4. The standard InChI is InChI=1S/C33H44N2O2S/c1-32(2,3)25-16-23(17-26(20-25)33(4,5)6)24(19-31(36)37)18-28-21-38-30(35-28)13-9-11-27-15-14-22-10-7-8-12-29(22)34-27/h14-17,20-21,24H,7-13,18-19H2,1-6H3,(H,36,37). The summed E-state index contributed by atoms with van der Waals surface area (Å²) in [7, 11) is 0. The van der Waals surface area contributed by atoms with Gasteiger partial charge in [0.05, 0.1) is 17.1 Å². The van der Waals surface area contributed by atoms with Crippen molar-refractivity contribution in [1.29, 1.82) is 0 Å². The third kappa shape index (κ3) is 7.53. The Hall–Kier alpha value is -2.53. The number of fused-ring (bicyclic) bond motifs is 1. The highest BCUT2D eigenvalue weighted by Gasteiger charge is 2.25. The molecule has 2 heterocycles. The molecule has 0 amide bonds. The van der Waals surface area contributed by atoms with Crippen LogP contribution in [0, 0.1) is 0 Å². The van der Waals surface area contributed by atoms with Gasteiger partial charge in [0.2, 0.25) is 0 Å². The van der Waals surface area contributed by atoms with E-state index in [1.54, 1.807) is 11.3 Å². The maximum atomic E-state index is 11.9. The van der Waals surface area contributed by atoms with Gasteiger partial charge in [-0.2, -0.15) is 0 Å². The minimum atomic E-state index is -0.763. The molecule has 0 bridgehead atoms. The Bertz CT molecular complexity index is 1230. The van der Waals surface area contributed by atoms with E-state index in [0.29, 0.717) is 6.42 Å². The van der Waals surface area contributed by atoms with Crippen LogP contribution in [0.25, 0.3) is 0 Å². The molecule has 4 rings (SSSR count). The van der Waals surface area contributed by atoms with Gasteiger partial charge >= 0.3 is 5.97 Å². The number of rotatable bonds is 9. The molecule has 5 heteroatoms. The van der Waals surface area contributed by atoms with E-state index in [1.165, 1.54) is 47.3 Å². The molecule has 1 unspecified atom stereocenters. The number of benzene rings is 1. The normalized spacial score (nSPS) is 14.8. The molecule has 1 aliphatic carbocycles. The average molecular weight is 533 g/mol. The zero-order valence-corrected chi connectivity index (χ0v) is 24.9. The fourth-order valence-corrected chi connectivity index (χ4v) is 6.12. The van der Waals surface area contributed by atoms with Gasteiger partial charge in [-0.25, -0.2) is 4.98 Å². The van der Waals surface area contributed by atoms with Gasteiger partial charge in [-0.3, -0.25) is 9.78 Å². The van der Waals surface area contributed by atoms with Crippen LogP contribution < -0.4 is 0 Å². The van der Waals surface area contributed by atoms with E-state index in [-0.39, 0.29) is 23.2 Å². The molecule has 1 atom stereocenters. The van der Waals surface area contributed by atoms with Crippen molar-refractivity contribution >= 4 is 17.3 Å². The Morgan fingerprint density at radius 1 is 0.921 bits per heavy atom. The summed E-state index contributed by atoms with van der Waals surface area (Å²) in [5.74, 6) is -0.869. The number of pyridine rings is 1. The summed E-state index contributed by atoms with van der Waals surface area (Å²) in [5, 5.41) is 13.0. The van der Waals surface area contributed by atoms with Gasteiger partial charge in [-0.15, -0.1) is 11.3 Å². The maximum Gasteiger partial charge on any atom is 0.303 e. The van der Waals surface area contributed by atoms with Gasteiger partial charge in [-0.05, 0) is 96.4 Å². The summed E-state index contributed by atoms with van der Waals surface area (Å²) in [6, 6.07) is 11.2. The monoisotopic (exact) mass is 532 g/mol. The topological polar surface area (TPSA) is 63.1 Å². The average Bonchev–Trinajstić information content (AvgIpc) is 3.29. The van der Waals surface area contributed by atoms with E-state index in [2.05, 4.69) is 77.3 Å². The Morgan fingerprint density at radius 3 is 2.26 bits per heavy atom. The van der Waals surface area contributed by atoms with E-state index >= 15 is 0 Å². The Balaban J connectivity index is 1.46. The van der Waals surface area contributed by atoms with Crippen molar-refractivity contribution in [3.8, 4) is 0 Å². The van der Waals surface area contributed by atoms with Crippen LogP contribution >= 0.6 is 11.3 Å². The third-order valence-corrected chi connectivity index (χ3v) is 8.65. The third-order valence-electron chi connectivity index (χ3n) is 7.69. The van der Waals surface area contributed by atoms with Crippen LogP contribution in [0.3, 0.4) is 0 Å². The molecular weight excluding hydrogens is 488 g/mol. The van der Waals surface area contributed by atoms with Crippen molar-refractivity contribution in [1.82, 2.24) is 9.97 Å². The first-order valence-corrected chi connectivity index (χ1v) is 15.0. The quantitative estimate of drug-likeness (QED) is 0.303. The van der Waals surface area contributed by atoms with Gasteiger partial charge in [-0.1, -0.05) is 65.8 Å². The first kappa shape index (κ1) is 28.5. The summed E-state index contributed by atoms with van der Waals surface area (Å²) < 4.78 is 0. The minimum absolute atomic E-state index is 0.00943. The number of thiazole rings is 1. The molecule has 0 saturated carbocycles. The second-order valence-electron chi connectivity index (χ2n) is 13.0. The van der Waals surface area contributed by atoms with Crippen molar-refractivity contribution < 1.29 is 9.90 Å². The molecule has 3 aromatic rings. The predicted molar refractivity (Wildman–Crippen MR) is 158 cm³/mol. The van der Waals surface area contributed by atoms with E-state index in [0.717, 1.165) is 41.9 Å². The summed E-state index contributed by atoms with van der Waals surface area (Å²) in [6.07, 6.45) is 8.51. The SMILES string of the molecule is CC(C)(C)c1cc(C(CC(=O)O)Cc2csc(CCCc3ccc4c(n3)CCCC4)n2)cc(C(C)(C)C)c1. The summed E-state index contributed by atoms with van der Waals surface area (Å²) in [5.41, 5.74) is 8.53. The lowest BCUT2D eigenvalue weighted by Gasteiger charge is -2.28. The molecule has 2 aromatic heterocycles. The number of nitrogens with zero attached hydrogens (tertiary/aromatic N) is 2. The molecule has 1 aliphatic rings. The molecular formula is C33H44N2O2S. The lowest BCUT2D eigenvalue weighted by molar-refractivity contribution is -0.137. The molecule has 4 nitrogen and oxygen atoms in total. The van der Waals surface area contributed by atoms with Crippen LogP contribution in [-0.2, 0) is 47.7 Å². The number of aromatic nitrogens is 2. The molecule has 0 radical (unpaired) electrons. The van der Waals surface area contributed by atoms with E-state index < -0.39 is 5.97 Å². The van der Waals surface area contributed by atoms with Crippen LogP contribution in [0.1, 0.15) is 117 Å². The highest BCUT2D eigenvalue weighted by atomic mass is 32.1. The highest BCUT2D eigenvalue weighted by Crippen LogP contribution is 2.35. The molecule has 1 aromatic carbocycles. The first-order valence-electron chi connectivity index (χ1n) is 14.2. The van der Waals surface area contributed by atoms with Crippen LogP contribution in [0.2, 0.25) is 0 Å². The Labute approximate surface area is 233 Å². The molecule has 0 fully saturated rings. The van der Waals surface area contributed by atoms with Crippen molar-refractivity contribution in [2.75, 3.05) is 0 Å². The van der Waals surface area contributed by atoms with Crippen molar-refractivity contribution in [3.63, 3.8) is 0 Å². The van der Waals surface area contributed by atoms with E-state index in [4.69, 9.17) is 9.97 Å². The largest absolute Gasteiger partial charge is 0.481 e. The summed E-state index contributed by atoms with van der Waals surface area (Å²) in [4.78, 5) is 21.7. The lowest BCUT2D eigenvalue weighted by atomic mass is 9.77. The number of aliphatic carboxylic acids is 1. The number of carboxylic acids is 1. The Morgan fingerprint density at radius 2 is 1.61 bits per heavy atom. The van der Waals surface area contributed by atoms with Gasteiger partial charge in [0.1, 0.15) is 0 Å². The fourth-order valence-electron chi connectivity index (χ4n) is 5.27. The smallest absolute Gasteiger partial charge is 0.303 e. The zero-order chi connectivity index (χ0) is 27.5. The van der Waals surface area contributed by atoms with E-state index in [9.17, 15) is 9.90 Å². The maximum absolute atomic E-state index is 11.9.